The molecule has 1 aliphatic heterocycles. The quantitative estimate of drug-likeness (QED) is 0.704. The standard InChI is InChI=1S/C20H19FN2O3S/c21-16-7-9-17(10-8-16)27(24,25)22-14-19(20-6-3-13-26-20)23-12-11-15-4-1-2-5-18(15)23/h1-10,13,19,22H,11-12,14H2/t19-/m1/s1. The molecule has 0 unspecified atom stereocenters. The van der Waals surface area contributed by atoms with Gasteiger partial charge in [0.25, 0.3) is 0 Å². The van der Waals surface area contributed by atoms with Crippen molar-refractivity contribution in [2.75, 3.05) is 18.0 Å². The second-order valence-corrected chi connectivity index (χ2v) is 8.18. The highest BCUT2D eigenvalue weighted by Crippen LogP contribution is 2.35. The number of nitrogens with zero attached hydrogens (tertiary/aromatic N) is 1. The van der Waals surface area contributed by atoms with Gasteiger partial charge in [0.05, 0.1) is 11.2 Å². The molecule has 2 aromatic carbocycles. The van der Waals surface area contributed by atoms with Crippen LogP contribution in [0.25, 0.3) is 0 Å². The van der Waals surface area contributed by atoms with Crippen molar-refractivity contribution in [3.05, 3.63) is 84.1 Å². The number of hydrogen-bond acceptors (Lipinski definition) is 4. The molecule has 0 saturated heterocycles. The second kappa shape index (κ2) is 7.17. The van der Waals surface area contributed by atoms with E-state index in [2.05, 4.69) is 15.7 Å². The summed E-state index contributed by atoms with van der Waals surface area (Å²) in [6, 6.07) is 16.2. The van der Waals surface area contributed by atoms with E-state index in [0.717, 1.165) is 30.8 Å². The number of hydrogen-bond donors (Lipinski definition) is 1. The van der Waals surface area contributed by atoms with E-state index in [9.17, 15) is 12.8 Å². The molecule has 7 heteroatoms. The maximum atomic E-state index is 13.1. The fourth-order valence-electron chi connectivity index (χ4n) is 3.42. The lowest BCUT2D eigenvalue weighted by Crippen LogP contribution is -2.37. The van der Waals surface area contributed by atoms with E-state index in [-0.39, 0.29) is 17.5 Å². The van der Waals surface area contributed by atoms with E-state index < -0.39 is 15.8 Å². The van der Waals surface area contributed by atoms with Gasteiger partial charge in [0, 0.05) is 18.8 Å². The van der Waals surface area contributed by atoms with Crippen LogP contribution in [-0.2, 0) is 16.4 Å². The summed E-state index contributed by atoms with van der Waals surface area (Å²) in [5.41, 5.74) is 2.32. The highest BCUT2D eigenvalue weighted by Gasteiger charge is 2.30. The Labute approximate surface area is 157 Å². The molecule has 140 valence electrons. The first-order valence-corrected chi connectivity index (χ1v) is 10.2. The third-order valence-electron chi connectivity index (χ3n) is 4.76. The Morgan fingerprint density at radius 2 is 1.85 bits per heavy atom. The third-order valence-corrected chi connectivity index (χ3v) is 6.20. The van der Waals surface area contributed by atoms with Gasteiger partial charge in [-0.05, 0) is 54.4 Å². The van der Waals surface area contributed by atoms with Crippen LogP contribution in [0.1, 0.15) is 17.4 Å². The summed E-state index contributed by atoms with van der Waals surface area (Å²) in [6.07, 6.45) is 2.48. The van der Waals surface area contributed by atoms with Crippen molar-refractivity contribution in [1.29, 1.82) is 0 Å². The molecule has 4 rings (SSSR count). The summed E-state index contributed by atoms with van der Waals surface area (Å²) < 4.78 is 46.5. The lowest BCUT2D eigenvalue weighted by molar-refractivity contribution is 0.447. The van der Waals surface area contributed by atoms with Crippen molar-refractivity contribution >= 4 is 15.7 Å². The highest BCUT2D eigenvalue weighted by atomic mass is 32.2. The van der Waals surface area contributed by atoms with E-state index in [1.807, 2.05) is 24.3 Å². The van der Waals surface area contributed by atoms with E-state index in [0.29, 0.717) is 5.76 Å². The van der Waals surface area contributed by atoms with E-state index in [1.165, 1.54) is 17.7 Å². The summed E-state index contributed by atoms with van der Waals surface area (Å²) in [6.45, 7) is 0.921. The normalized spacial score (nSPS) is 14.9. The number of sulfonamides is 1. The van der Waals surface area contributed by atoms with Crippen LogP contribution >= 0.6 is 0 Å². The molecule has 0 fully saturated rings. The first-order chi connectivity index (χ1) is 13.0. The second-order valence-electron chi connectivity index (χ2n) is 6.41. The van der Waals surface area contributed by atoms with Crippen molar-refractivity contribution < 1.29 is 17.2 Å². The minimum Gasteiger partial charge on any atom is -0.467 e. The number of rotatable bonds is 6. The average molecular weight is 386 g/mol. The van der Waals surface area contributed by atoms with Gasteiger partial charge in [-0.15, -0.1) is 0 Å². The van der Waals surface area contributed by atoms with Gasteiger partial charge in [-0.25, -0.2) is 17.5 Å². The Morgan fingerprint density at radius 1 is 1.07 bits per heavy atom. The molecule has 5 nitrogen and oxygen atoms in total. The summed E-state index contributed by atoms with van der Waals surface area (Å²) in [5.74, 6) is 0.213. The molecule has 0 radical (unpaired) electrons. The smallest absolute Gasteiger partial charge is 0.240 e. The molecule has 0 bridgehead atoms. The molecule has 0 amide bonds. The molecule has 1 N–H and O–H groups in total. The number of nitrogens with one attached hydrogen (secondary N) is 1. The first kappa shape index (κ1) is 17.8. The molecule has 2 heterocycles. The largest absolute Gasteiger partial charge is 0.467 e. The van der Waals surface area contributed by atoms with Gasteiger partial charge in [-0.2, -0.15) is 0 Å². The number of anilines is 1. The number of furan rings is 1. The monoisotopic (exact) mass is 386 g/mol. The maximum Gasteiger partial charge on any atom is 0.240 e. The first-order valence-electron chi connectivity index (χ1n) is 8.68. The lowest BCUT2D eigenvalue weighted by atomic mass is 10.1. The minimum atomic E-state index is -3.76. The van der Waals surface area contributed by atoms with Crippen LogP contribution < -0.4 is 9.62 Å². The fraction of sp³-hybridized carbons (Fsp3) is 0.200. The van der Waals surface area contributed by atoms with Gasteiger partial charge in [0.15, 0.2) is 0 Å². The Kier molecular flexibility index (Phi) is 4.72. The van der Waals surface area contributed by atoms with Crippen LogP contribution in [0.2, 0.25) is 0 Å². The maximum absolute atomic E-state index is 13.1. The Hall–Kier alpha value is -2.64. The molecule has 3 aromatic rings. The van der Waals surface area contributed by atoms with Gasteiger partial charge in [-0.1, -0.05) is 18.2 Å². The van der Waals surface area contributed by atoms with E-state index in [1.54, 1.807) is 12.3 Å². The molecule has 1 atom stereocenters. The van der Waals surface area contributed by atoms with Crippen LogP contribution in [0.3, 0.4) is 0 Å². The molecule has 1 aliphatic rings. The van der Waals surface area contributed by atoms with Gasteiger partial charge < -0.3 is 9.32 Å². The number of halogens is 1. The van der Waals surface area contributed by atoms with Gasteiger partial charge in [-0.3, -0.25) is 0 Å². The van der Waals surface area contributed by atoms with Crippen LogP contribution in [0.5, 0.6) is 0 Å². The van der Waals surface area contributed by atoms with Crippen molar-refractivity contribution in [3.8, 4) is 0 Å². The third kappa shape index (κ3) is 3.61. The Morgan fingerprint density at radius 3 is 2.59 bits per heavy atom. The summed E-state index contributed by atoms with van der Waals surface area (Å²) in [4.78, 5) is 2.19. The molecular formula is C20H19FN2O3S. The van der Waals surface area contributed by atoms with E-state index >= 15 is 0 Å². The molecule has 0 spiro atoms. The molecule has 27 heavy (non-hydrogen) atoms. The van der Waals surface area contributed by atoms with Gasteiger partial charge in [0.2, 0.25) is 10.0 Å². The molecule has 0 saturated carbocycles. The molecule has 0 aliphatic carbocycles. The lowest BCUT2D eigenvalue weighted by Gasteiger charge is -2.29. The Bertz CT molecular complexity index is 1020. The van der Waals surface area contributed by atoms with Crippen molar-refractivity contribution in [2.45, 2.75) is 17.4 Å². The summed E-state index contributed by atoms with van der Waals surface area (Å²) in [5, 5.41) is 0. The van der Waals surface area contributed by atoms with Crippen LogP contribution in [0.4, 0.5) is 10.1 Å². The predicted octanol–water partition coefficient (Wildman–Crippen LogP) is 3.50. The molecule has 1 aromatic heterocycles. The zero-order chi connectivity index (χ0) is 18.9. The average Bonchev–Trinajstić information content (AvgIpc) is 3.33. The summed E-state index contributed by atoms with van der Waals surface area (Å²) in [7, 11) is -3.76. The number of para-hydroxylation sites is 1. The van der Waals surface area contributed by atoms with Crippen molar-refractivity contribution in [1.82, 2.24) is 4.72 Å². The zero-order valence-corrected chi connectivity index (χ0v) is 15.3. The molecular weight excluding hydrogens is 367 g/mol. The minimum absolute atomic E-state index is 0.0314. The van der Waals surface area contributed by atoms with Crippen molar-refractivity contribution in [2.24, 2.45) is 0 Å². The highest BCUT2D eigenvalue weighted by molar-refractivity contribution is 7.89. The zero-order valence-electron chi connectivity index (χ0n) is 14.5. The topological polar surface area (TPSA) is 62.6 Å². The fourth-order valence-corrected chi connectivity index (χ4v) is 4.46. The predicted molar refractivity (Wildman–Crippen MR) is 101 cm³/mol. The number of fused-ring (bicyclic) bond motifs is 1. The van der Waals surface area contributed by atoms with Gasteiger partial charge >= 0.3 is 0 Å². The van der Waals surface area contributed by atoms with Crippen LogP contribution in [-0.4, -0.2) is 21.5 Å². The van der Waals surface area contributed by atoms with Crippen LogP contribution in [0, 0.1) is 5.82 Å². The van der Waals surface area contributed by atoms with Crippen molar-refractivity contribution in [3.63, 3.8) is 0 Å². The van der Waals surface area contributed by atoms with Crippen LogP contribution in [0.15, 0.2) is 76.2 Å². The number of benzene rings is 2. The van der Waals surface area contributed by atoms with E-state index in [4.69, 9.17) is 4.42 Å². The van der Waals surface area contributed by atoms with Gasteiger partial charge in [0.1, 0.15) is 17.6 Å². The summed E-state index contributed by atoms with van der Waals surface area (Å²) >= 11 is 0. The Balaban J connectivity index is 1.59. The SMILES string of the molecule is O=S(=O)(NC[C@H](c1ccco1)N1CCc2ccccc21)c1ccc(F)cc1.